The smallest absolute Gasteiger partial charge is 0.141 e. The minimum atomic E-state index is -0.673. The number of aliphatic hydroxyl groups is 1. The molecule has 0 spiro atoms. The van der Waals surface area contributed by atoms with Gasteiger partial charge in [0.2, 0.25) is 0 Å². The number of hydrogen-bond donors (Lipinski definition) is 2. The van der Waals surface area contributed by atoms with Gasteiger partial charge in [-0.05, 0) is 30.5 Å². The van der Waals surface area contributed by atoms with Gasteiger partial charge >= 0.3 is 0 Å². The molecule has 0 radical (unpaired) electrons. The minimum absolute atomic E-state index is 0.0531. The van der Waals surface area contributed by atoms with E-state index >= 15 is 0 Å². The molecule has 0 aromatic heterocycles. The van der Waals surface area contributed by atoms with Crippen molar-refractivity contribution < 1.29 is 9.50 Å². The average Bonchev–Trinajstić information content (AvgIpc) is 2.67. The summed E-state index contributed by atoms with van der Waals surface area (Å²) in [5.74, 6) is -0.458. The number of halogens is 2. The molecule has 0 bridgehead atoms. The van der Waals surface area contributed by atoms with Gasteiger partial charge in [-0.3, -0.25) is 0 Å². The van der Waals surface area contributed by atoms with Gasteiger partial charge in [0.05, 0.1) is 11.1 Å². The molecular formula is C15H21ClFNO. The zero-order valence-electron chi connectivity index (χ0n) is 11.0. The van der Waals surface area contributed by atoms with E-state index in [4.69, 9.17) is 17.3 Å². The van der Waals surface area contributed by atoms with Crippen molar-refractivity contribution >= 4 is 11.6 Å². The highest BCUT2D eigenvalue weighted by molar-refractivity contribution is 6.30. The largest absolute Gasteiger partial charge is 0.388 e. The first-order valence-corrected chi connectivity index (χ1v) is 7.30. The molecule has 0 amide bonds. The summed E-state index contributed by atoms with van der Waals surface area (Å²) in [6.45, 7) is 0.448. The normalized spacial score (nSPS) is 20.8. The molecule has 0 saturated heterocycles. The van der Waals surface area contributed by atoms with Crippen molar-refractivity contribution in [1.29, 1.82) is 0 Å². The maximum atomic E-state index is 13.2. The highest BCUT2D eigenvalue weighted by atomic mass is 35.5. The van der Waals surface area contributed by atoms with Gasteiger partial charge in [0, 0.05) is 12.0 Å². The van der Waals surface area contributed by atoms with Crippen LogP contribution in [0.3, 0.4) is 0 Å². The minimum Gasteiger partial charge on any atom is -0.388 e. The fourth-order valence-electron chi connectivity index (χ4n) is 3.06. The Bertz CT molecular complexity index is 430. The Morgan fingerprint density at radius 3 is 2.42 bits per heavy atom. The second kappa shape index (κ2) is 6.21. The molecule has 1 aromatic carbocycles. The van der Waals surface area contributed by atoms with Crippen molar-refractivity contribution in [2.24, 2.45) is 11.1 Å². The van der Waals surface area contributed by atoms with Crippen molar-refractivity contribution in [2.45, 2.75) is 44.6 Å². The van der Waals surface area contributed by atoms with Crippen LogP contribution in [-0.4, -0.2) is 11.7 Å². The van der Waals surface area contributed by atoms with Crippen LogP contribution in [0.25, 0.3) is 0 Å². The summed E-state index contributed by atoms with van der Waals surface area (Å²) in [6.07, 6.45) is 5.72. The topological polar surface area (TPSA) is 46.2 Å². The molecule has 0 aliphatic heterocycles. The lowest BCUT2D eigenvalue weighted by Crippen LogP contribution is -2.36. The van der Waals surface area contributed by atoms with Crippen LogP contribution >= 0.6 is 11.6 Å². The molecule has 19 heavy (non-hydrogen) atoms. The van der Waals surface area contributed by atoms with E-state index in [1.807, 2.05) is 0 Å². The van der Waals surface area contributed by atoms with E-state index in [0.29, 0.717) is 12.1 Å². The molecule has 1 unspecified atom stereocenters. The molecule has 1 fully saturated rings. The first-order chi connectivity index (χ1) is 9.09. The average molecular weight is 286 g/mol. The third kappa shape index (κ3) is 3.10. The van der Waals surface area contributed by atoms with Crippen LogP contribution in [0.1, 0.15) is 50.2 Å². The van der Waals surface area contributed by atoms with Crippen LogP contribution in [0.5, 0.6) is 0 Å². The van der Waals surface area contributed by atoms with Crippen molar-refractivity contribution in [3.63, 3.8) is 0 Å². The Morgan fingerprint density at radius 2 is 1.89 bits per heavy atom. The molecule has 1 atom stereocenters. The second-order valence-electron chi connectivity index (χ2n) is 5.56. The van der Waals surface area contributed by atoms with Crippen molar-refractivity contribution in [3.05, 3.63) is 34.6 Å². The quantitative estimate of drug-likeness (QED) is 0.830. The molecule has 1 saturated carbocycles. The van der Waals surface area contributed by atoms with Gasteiger partial charge in [-0.25, -0.2) is 4.39 Å². The predicted molar refractivity (Wildman–Crippen MR) is 75.6 cm³/mol. The summed E-state index contributed by atoms with van der Waals surface area (Å²) in [5.41, 5.74) is 6.32. The predicted octanol–water partition coefficient (Wildman–Crippen LogP) is 3.81. The molecule has 1 aliphatic rings. The van der Waals surface area contributed by atoms with Crippen LogP contribution in [0, 0.1) is 11.2 Å². The third-order valence-corrected chi connectivity index (χ3v) is 4.63. The van der Waals surface area contributed by atoms with Crippen LogP contribution < -0.4 is 5.73 Å². The van der Waals surface area contributed by atoms with Gasteiger partial charge in [-0.2, -0.15) is 0 Å². The monoisotopic (exact) mass is 285 g/mol. The van der Waals surface area contributed by atoms with Crippen molar-refractivity contribution in [2.75, 3.05) is 6.54 Å². The maximum Gasteiger partial charge on any atom is 0.141 e. The Morgan fingerprint density at radius 1 is 1.26 bits per heavy atom. The summed E-state index contributed by atoms with van der Waals surface area (Å²) < 4.78 is 13.2. The zero-order chi connectivity index (χ0) is 13.9. The van der Waals surface area contributed by atoms with E-state index in [1.54, 1.807) is 6.07 Å². The lowest BCUT2D eigenvalue weighted by molar-refractivity contribution is 0.0166. The molecular weight excluding hydrogens is 265 g/mol. The summed E-state index contributed by atoms with van der Waals surface area (Å²) in [5, 5.41) is 10.7. The van der Waals surface area contributed by atoms with E-state index in [2.05, 4.69) is 0 Å². The molecule has 2 rings (SSSR count). The molecule has 106 valence electrons. The molecule has 2 nitrogen and oxygen atoms in total. The third-order valence-electron chi connectivity index (χ3n) is 4.35. The summed E-state index contributed by atoms with van der Waals surface area (Å²) >= 11 is 5.80. The van der Waals surface area contributed by atoms with E-state index in [-0.39, 0.29) is 10.4 Å². The van der Waals surface area contributed by atoms with E-state index in [9.17, 15) is 9.50 Å². The summed E-state index contributed by atoms with van der Waals surface area (Å²) in [4.78, 5) is 0. The number of rotatable bonds is 3. The fraction of sp³-hybridized carbons (Fsp3) is 0.600. The Labute approximate surface area is 118 Å². The number of aliphatic hydroxyl groups excluding tert-OH is 1. The van der Waals surface area contributed by atoms with Gasteiger partial charge in [0.25, 0.3) is 0 Å². The second-order valence-corrected chi connectivity index (χ2v) is 5.96. The highest BCUT2D eigenvalue weighted by Gasteiger charge is 2.37. The number of benzene rings is 1. The van der Waals surface area contributed by atoms with Crippen molar-refractivity contribution in [3.8, 4) is 0 Å². The van der Waals surface area contributed by atoms with Gasteiger partial charge in [0.1, 0.15) is 5.82 Å². The van der Waals surface area contributed by atoms with Gasteiger partial charge < -0.3 is 10.8 Å². The van der Waals surface area contributed by atoms with E-state index < -0.39 is 11.9 Å². The Balaban J connectivity index is 2.28. The molecule has 3 N–H and O–H groups in total. The Kier molecular flexibility index (Phi) is 4.82. The van der Waals surface area contributed by atoms with Crippen LogP contribution in [-0.2, 0) is 0 Å². The zero-order valence-corrected chi connectivity index (χ0v) is 11.8. The van der Waals surface area contributed by atoms with Gasteiger partial charge in [0.15, 0.2) is 0 Å². The lowest BCUT2D eigenvalue weighted by Gasteiger charge is -2.36. The first-order valence-electron chi connectivity index (χ1n) is 6.92. The van der Waals surface area contributed by atoms with Crippen LogP contribution in [0.15, 0.2) is 18.2 Å². The maximum absolute atomic E-state index is 13.2. The summed E-state index contributed by atoms with van der Waals surface area (Å²) in [6, 6.07) is 4.43. The van der Waals surface area contributed by atoms with E-state index in [0.717, 1.165) is 25.7 Å². The first kappa shape index (κ1) is 14.8. The molecule has 4 heteroatoms. The number of hydrogen-bond acceptors (Lipinski definition) is 2. The highest BCUT2D eigenvalue weighted by Crippen LogP contribution is 2.44. The van der Waals surface area contributed by atoms with E-state index in [1.165, 1.54) is 25.0 Å². The molecule has 1 aromatic rings. The molecule has 1 aliphatic carbocycles. The van der Waals surface area contributed by atoms with Crippen LogP contribution in [0.4, 0.5) is 4.39 Å². The SMILES string of the molecule is NCC1(C(O)c2ccc(F)c(Cl)c2)CCCCCC1. The van der Waals surface area contributed by atoms with Gasteiger partial charge in [-0.15, -0.1) is 0 Å². The number of nitrogens with two attached hydrogens (primary N) is 1. The molecule has 0 heterocycles. The van der Waals surface area contributed by atoms with Crippen molar-refractivity contribution in [1.82, 2.24) is 0 Å². The lowest BCUT2D eigenvalue weighted by atomic mass is 9.73. The summed E-state index contributed by atoms with van der Waals surface area (Å²) in [7, 11) is 0. The standard InChI is InChI=1S/C15H21ClFNO/c16-12-9-11(5-6-13(12)17)14(19)15(10-18)7-3-1-2-4-8-15/h5-6,9,14,19H,1-4,7-8,10,18H2. The van der Waals surface area contributed by atoms with Gasteiger partial charge in [-0.1, -0.05) is 43.4 Å². The fourth-order valence-corrected chi connectivity index (χ4v) is 3.25. The Hall–Kier alpha value is -0.640. The van der Waals surface area contributed by atoms with Crippen LogP contribution in [0.2, 0.25) is 5.02 Å².